The summed E-state index contributed by atoms with van der Waals surface area (Å²) in [5.41, 5.74) is 1.06. The fraction of sp³-hybridized carbons (Fsp3) is 0.182. The van der Waals surface area contributed by atoms with Gasteiger partial charge in [0.05, 0.1) is 30.0 Å². The number of amides is 1. The molecule has 0 saturated heterocycles. The Morgan fingerprint density at radius 1 is 0.935 bits per heavy atom. The highest BCUT2D eigenvalue weighted by Crippen LogP contribution is 2.18. The number of hydrogen-bond donors (Lipinski definition) is 1. The molecule has 3 aromatic rings. The normalized spacial score (nSPS) is 10.4. The molecule has 2 aromatic carbocycles. The maximum atomic E-state index is 13.1. The van der Waals surface area contributed by atoms with E-state index in [4.69, 9.17) is 9.47 Å². The van der Waals surface area contributed by atoms with Crippen LogP contribution in [0.2, 0.25) is 0 Å². The van der Waals surface area contributed by atoms with Gasteiger partial charge >= 0.3 is 11.9 Å². The molecule has 9 heteroatoms. The highest BCUT2D eigenvalue weighted by Gasteiger charge is 2.17. The summed E-state index contributed by atoms with van der Waals surface area (Å²) in [5.74, 6) is -2.21. The van der Waals surface area contributed by atoms with Gasteiger partial charge < -0.3 is 14.8 Å². The van der Waals surface area contributed by atoms with Crippen LogP contribution in [-0.4, -0.2) is 40.8 Å². The lowest BCUT2D eigenvalue weighted by Gasteiger charge is -2.10. The number of aromatic nitrogens is 2. The van der Waals surface area contributed by atoms with Crippen LogP contribution in [0, 0.1) is 5.82 Å². The molecule has 0 radical (unpaired) electrons. The van der Waals surface area contributed by atoms with Crippen LogP contribution in [0.15, 0.2) is 54.7 Å². The Balaban J connectivity index is 1.85. The topological polar surface area (TPSA) is 99.5 Å². The number of anilines is 1. The standard InChI is InChI=1S/C22H20FN3O5/c1-3-30-21(28)14-11-15(22(29)31-4-2)13-17(12-14)24-20(27)19-9-10-26(25-19)18-7-5-16(23)6-8-18/h5-13H,3-4H2,1-2H3,(H,24,27). The minimum Gasteiger partial charge on any atom is -0.462 e. The molecule has 0 atom stereocenters. The van der Waals surface area contributed by atoms with Crippen LogP contribution in [0.1, 0.15) is 45.1 Å². The molecule has 1 N–H and O–H groups in total. The van der Waals surface area contributed by atoms with Crippen LogP contribution in [-0.2, 0) is 9.47 Å². The first-order valence-corrected chi connectivity index (χ1v) is 9.53. The monoisotopic (exact) mass is 425 g/mol. The fourth-order valence-electron chi connectivity index (χ4n) is 2.74. The van der Waals surface area contributed by atoms with Gasteiger partial charge in [0.2, 0.25) is 0 Å². The van der Waals surface area contributed by atoms with Crippen molar-refractivity contribution in [2.75, 3.05) is 18.5 Å². The lowest BCUT2D eigenvalue weighted by molar-refractivity contribution is 0.0525. The van der Waals surface area contributed by atoms with Gasteiger partial charge in [-0.15, -0.1) is 0 Å². The molecule has 0 aliphatic rings. The number of halogens is 1. The lowest BCUT2D eigenvalue weighted by atomic mass is 10.1. The first kappa shape index (κ1) is 21.7. The molecule has 0 aliphatic heterocycles. The Bertz CT molecular complexity index is 1070. The molecule has 1 amide bonds. The summed E-state index contributed by atoms with van der Waals surface area (Å²) in [6.45, 7) is 3.64. The zero-order chi connectivity index (χ0) is 22.4. The molecular formula is C22H20FN3O5. The second-order valence-electron chi connectivity index (χ2n) is 6.32. The summed E-state index contributed by atoms with van der Waals surface area (Å²) in [7, 11) is 0. The molecule has 1 aromatic heterocycles. The summed E-state index contributed by atoms with van der Waals surface area (Å²) < 4.78 is 24.5. The third-order valence-corrected chi connectivity index (χ3v) is 4.13. The van der Waals surface area contributed by atoms with E-state index >= 15 is 0 Å². The van der Waals surface area contributed by atoms with Crippen molar-refractivity contribution in [3.63, 3.8) is 0 Å². The van der Waals surface area contributed by atoms with Crippen molar-refractivity contribution in [2.24, 2.45) is 0 Å². The number of benzene rings is 2. The van der Waals surface area contributed by atoms with Crippen molar-refractivity contribution in [2.45, 2.75) is 13.8 Å². The minimum atomic E-state index is -0.635. The maximum absolute atomic E-state index is 13.1. The van der Waals surface area contributed by atoms with Crippen LogP contribution < -0.4 is 5.32 Å². The second kappa shape index (κ2) is 9.66. The molecule has 0 saturated carbocycles. The number of hydrogen-bond acceptors (Lipinski definition) is 6. The molecule has 0 aliphatic carbocycles. The third kappa shape index (κ3) is 5.33. The molecule has 3 rings (SSSR count). The molecule has 160 valence electrons. The molecule has 0 unspecified atom stereocenters. The van der Waals surface area contributed by atoms with Crippen molar-refractivity contribution in [1.82, 2.24) is 9.78 Å². The van der Waals surface area contributed by atoms with Crippen LogP contribution in [0.25, 0.3) is 5.69 Å². The Labute approximate surface area is 177 Å². The number of nitrogens with zero attached hydrogens (tertiary/aromatic N) is 2. The van der Waals surface area contributed by atoms with Crippen molar-refractivity contribution >= 4 is 23.5 Å². The maximum Gasteiger partial charge on any atom is 0.338 e. The first-order valence-electron chi connectivity index (χ1n) is 9.53. The summed E-state index contributed by atoms with van der Waals surface area (Å²) >= 11 is 0. The van der Waals surface area contributed by atoms with Gasteiger partial charge in [-0.1, -0.05) is 0 Å². The smallest absolute Gasteiger partial charge is 0.338 e. The Morgan fingerprint density at radius 3 is 2.06 bits per heavy atom. The van der Waals surface area contributed by atoms with E-state index < -0.39 is 17.8 Å². The summed E-state index contributed by atoms with van der Waals surface area (Å²) in [6.07, 6.45) is 1.56. The highest BCUT2D eigenvalue weighted by molar-refractivity contribution is 6.05. The Hall–Kier alpha value is -4.01. The minimum absolute atomic E-state index is 0.0866. The van der Waals surface area contributed by atoms with E-state index in [-0.39, 0.29) is 41.5 Å². The van der Waals surface area contributed by atoms with Crippen molar-refractivity contribution < 1.29 is 28.2 Å². The van der Waals surface area contributed by atoms with Crippen molar-refractivity contribution in [3.05, 3.63) is 77.4 Å². The van der Waals surface area contributed by atoms with Crippen LogP contribution in [0.3, 0.4) is 0 Å². The van der Waals surface area contributed by atoms with Gasteiger partial charge in [-0.25, -0.2) is 18.7 Å². The van der Waals surface area contributed by atoms with E-state index in [1.165, 1.54) is 53.2 Å². The molecule has 0 fully saturated rings. The van der Waals surface area contributed by atoms with Crippen molar-refractivity contribution in [3.8, 4) is 5.69 Å². The van der Waals surface area contributed by atoms with E-state index in [0.717, 1.165) is 0 Å². The SMILES string of the molecule is CCOC(=O)c1cc(NC(=O)c2ccn(-c3ccc(F)cc3)n2)cc(C(=O)OCC)c1. The van der Waals surface area contributed by atoms with E-state index in [2.05, 4.69) is 10.4 Å². The van der Waals surface area contributed by atoms with Gasteiger partial charge in [0.1, 0.15) is 5.82 Å². The quantitative estimate of drug-likeness (QED) is 0.581. The number of carbonyl (C=O) groups excluding carboxylic acids is 3. The van der Waals surface area contributed by atoms with Gasteiger partial charge in [-0.05, 0) is 62.4 Å². The fourth-order valence-corrected chi connectivity index (χ4v) is 2.74. The second-order valence-corrected chi connectivity index (χ2v) is 6.32. The Kier molecular flexibility index (Phi) is 6.76. The largest absolute Gasteiger partial charge is 0.462 e. The van der Waals surface area contributed by atoms with E-state index in [1.54, 1.807) is 20.0 Å². The zero-order valence-electron chi connectivity index (χ0n) is 16.9. The predicted molar refractivity (Wildman–Crippen MR) is 110 cm³/mol. The van der Waals surface area contributed by atoms with E-state index in [9.17, 15) is 18.8 Å². The third-order valence-electron chi connectivity index (χ3n) is 4.13. The van der Waals surface area contributed by atoms with Crippen molar-refractivity contribution in [1.29, 1.82) is 0 Å². The first-order chi connectivity index (χ1) is 14.9. The van der Waals surface area contributed by atoms with Gasteiger partial charge in [0.25, 0.3) is 5.91 Å². The number of nitrogens with one attached hydrogen (secondary N) is 1. The number of rotatable bonds is 7. The summed E-state index contributed by atoms with van der Waals surface area (Å²) in [6, 6.07) is 11.3. The molecule has 0 bridgehead atoms. The molecule has 31 heavy (non-hydrogen) atoms. The average molecular weight is 425 g/mol. The molecule has 0 spiro atoms. The summed E-state index contributed by atoms with van der Waals surface area (Å²) in [5, 5.41) is 6.80. The van der Waals surface area contributed by atoms with E-state index in [1.807, 2.05) is 0 Å². The number of carbonyl (C=O) groups is 3. The lowest BCUT2D eigenvalue weighted by Crippen LogP contribution is -2.15. The highest BCUT2D eigenvalue weighted by atomic mass is 19.1. The summed E-state index contributed by atoms with van der Waals surface area (Å²) in [4.78, 5) is 36.9. The Morgan fingerprint density at radius 2 is 1.52 bits per heavy atom. The van der Waals surface area contributed by atoms with E-state index in [0.29, 0.717) is 5.69 Å². The van der Waals surface area contributed by atoms with Crippen LogP contribution in [0.4, 0.5) is 10.1 Å². The number of esters is 2. The van der Waals surface area contributed by atoms with Crippen LogP contribution >= 0.6 is 0 Å². The van der Waals surface area contributed by atoms with Gasteiger partial charge in [-0.2, -0.15) is 5.10 Å². The zero-order valence-corrected chi connectivity index (χ0v) is 16.9. The average Bonchev–Trinajstić information content (AvgIpc) is 3.25. The van der Waals surface area contributed by atoms with Gasteiger partial charge in [0.15, 0.2) is 5.69 Å². The van der Waals surface area contributed by atoms with Gasteiger partial charge in [0, 0.05) is 11.9 Å². The molecule has 1 heterocycles. The van der Waals surface area contributed by atoms with Crippen LogP contribution in [0.5, 0.6) is 0 Å². The molecular weight excluding hydrogens is 405 g/mol. The predicted octanol–water partition coefficient (Wildman–Crippen LogP) is 3.62. The number of ether oxygens (including phenoxy) is 2. The van der Waals surface area contributed by atoms with Gasteiger partial charge in [-0.3, -0.25) is 4.79 Å². The molecule has 8 nitrogen and oxygen atoms in total.